The quantitative estimate of drug-likeness (QED) is 0.686. The summed E-state index contributed by atoms with van der Waals surface area (Å²) in [5, 5.41) is 0. The molecule has 0 aromatic heterocycles. The highest BCUT2D eigenvalue weighted by Crippen LogP contribution is 2.22. The van der Waals surface area contributed by atoms with Gasteiger partial charge in [-0.15, -0.1) is 0 Å². The van der Waals surface area contributed by atoms with Crippen LogP contribution in [-0.4, -0.2) is 62.6 Å². The predicted octanol–water partition coefficient (Wildman–Crippen LogP) is -1.25. The van der Waals surface area contributed by atoms with Crippen LogP contribution in [0.25, 0.3) is 0 Å². The zero-order chi connectivity index (χ0) is 12.7. The van der Waals surface area contributed by atoms with Gasteiger partial charge in [-0.1, -0.05) is 0 Å². The lowest BCUT2D eigenvalue weighted by Crippen LogP contribution is -2.60. The molecule has 2 N–H and O–H groups in total. The van der Waals surface area contributed by atoms with Crippen molar-refractivity contribution in [2.24, 2.45) is 5.73 Å². The number of carbonyl (C=O) groups excluding carboxylic acids is 1. The lowest BCUT2D eigenvalue weighted by Gasteiger charge is -2.38. The average molecular weight is 262 g/mol. The number of hydrogen-bond donors (Lipinski definition) is 1. The first-order valence-electron chi connectivity index (χ1n) is 5.64. The van der Waals surface area contributed by atoms with Crippen LogP contribution in [0.5, 0.6) is 0 Å². The van der Waals surface area contributed by atoms with Gasteiger partial charge in [-0.25, -0.2) is 8.42 Å². The zero-order valence-corrected chi connectivity index (χ0v) is 10.7. The van der Waals surface area contributed by atoms with Crippen LogP contribution in [0.15, 0.2) is 0 Å². The van der Waals surface area contributed by atoms with Crippen molar-refractivity contribution in [3.05, 3.63) is 0 Å². The predicted molar refractivity (Wildman–Crippen MR) is 62.2 cm³/mol. The Balaban J connectivity index is 1.91. The minimum atomic E-state index is -2.96. The summed E-state index contributed by atoms with van der Waals surface area (Å²) in [7, 11) is -1.31. The van der Waals surface area contributed by atoms with Gasteiger partial charge in [0, 0.05) is 19.5 Å². The molecule has 2 aliphatic rings. The molecule has 0 bridgehead atoms. The lowest BCUT2D eigenvalue weighted by molar-refractivity contribution is -0.138. The van der Waals surface area contributed by atoms with Crippen molar-refractivity contribution in [1.82, 2.24) is 4.90 Å². The summed E-state index contributed by atoms with van der Waals surface area (Å²) < 4.78 is 27.7. The van der Waals surface area contributed by atoms with Crippen molar-refractivity contribution < 1.29 is 17.9 Å². The van der Waals surface area contributed by atoms with Crippen LogP contribution >= 0.6 is 0 Å². The second-order valence-corrected chi connectivity index (χ2v) is 7.32. The van der Waals surface area contributed by atoms with Crippen LogP contribution in [0.1, 0.15) is 12.8 Å². The van der Waals surface area contributed by atoms with Crippen LogP contribution in [0, 0.1) is 0 Å². The van der Waals surface area contributed by atoms with Crippen molar-refractivity contribution in [2.75, 3.05) is 31.8 Å². The Kier molecular flexibility index (Phi) is 3.17. The van der Waals surface area contributed by atoms with Gasteiger partial charge < -0.3 is 15.4 Å². The van der Waals surface area contributed by atoms with Crippen molar-refractivity contribution in [2.45, 2.75) is 24.4 Å². The Labute approximate surface area is 101 Å². The van der Waals surface area contributed by atoms with Gasteiger partial charge >= 0.3 is 0 Å². The summed E-state index contributed by atoms with van der Waals surface area (Å²) in [6, 6.07) is -0.197. The fourth-order valence-corrected chi connectivity index (χ4v) is 3.95. The second kappa shape index (κ2) is 4.22. The van der Waals surface area contributed by atoms with Crippen LogP contribution in [0.2, 0.25) is 0 Å². The summed E-state index contributed by atoms with van der Waals surface area (Å²) >= 11 is 0. The topological polar surface area (TPSA) is 89.7 Å². The average Bonchev–Trinajstić information content (AvgIpc) is 2.55. The van der Waals surface area contributed by atoms with E-state index in [4.69, 9.17) is 10.5 Å². The number of hydrogen-bond acceptors (Lipinski definition) is 5. The summed E-state index contributed by atoms with van der Waals surface area (Å²) in [5.74, 6) is 0.146. The number of amides is 1. The fourth-order valence-electron chi connectivity index (χ4n) is 2.18. The van der Waals surface area contributed by atoms with E-state index in [1.54, 1.807) is 7.05 Å². The molecule has 1 atom stereocenters. The highest BCUT2D eigenvalue weighted by molar-refractivity contribution is 7.91. The van der Waals surface area contributed by atoms with Crippen molar-refractivity contribution >= 4 is 15.7 Å². The standard InChI is InChI=1S/C10H18N2O4S/c1-12(8-2-3-17(14,15)5-8)9(13)4-10(11)6-16-7-10/h8H,2-7,11H2,1H3. The SMILES string of the molecule is CN(C(=O)CC1(N)COC1)C1CCS(=O)(=O)C1. The van der Waals surface area contributed by atoms with Gasteiger partial charge in [0.05, 0.1) is 30.3 Å². The van der Waals surface area contributed by atoms with E-state index in [1.807, 2.05) is 0 Å². The molecule has 2 heterocycles. The van der Waals surface area contributed by atoms with E-state index in [-0.39, 0.29) is 29.9 Å². The molecule has 0 aromatic rings. The lowest BCUT2D eigenvalue weighted by atomic mass is 9.93. The van der Waals surface area contributed by atoms with Gasteiger partial charge in [0.2, 0.25) is 5.91 Å². The molecule has 17 heavy (non-hydrogen) atoms. The third kappa shape index (κ3) is 2.78. The molecule has 1 unspecified atom stereocenters. The summed E-state index contributed by atoms with van der Waals surface area (Å²) in [5.41, 5.74) is 5.35. The van der Waals surface area contributed by atoms with E-state index in [0.717, 1.165) is 0 Å². The molecule has 1 amide bonds. The molecule has 7 heteroatoms. The number of ether oxygens (including phenoxy) is 1. The number of rotatable bonds is 3. The van der Waals surface area contributed by atoms with Crippen LogP contribution in [-0.2, 0) is 19.4 Å². The molecule has 0 radical (unpaired) electrons. The first-order valence-corrected chi connectivity index (χ1v) is 7.46. The van der Waals surface area contributed by atoms with Gasteiger partial charge in [-0.2, -0.15) is 0 Å². The number of carbonyl (C=O) groups is 1. The minimum Gasteiger partial charge on any atom is -0.377 e. The van der Waals surface area contributed by atoms with Crippen molar-refractivity contribution in [1.29, 1.82) is 0 Å². The van der Waals surface area contributed by atoms with E-state index in [1.165, 1.54) is 4.90 Å². The van der Waals surface area contributed by atoms with Crippen LogP contribution < -0.4 is 5.73 Å². The zero-order valence-electron chi connectivity index (χ0n) is 9.89. The number of sulfone groups is 1. The third-order valence-electron chi connectivity index (χ3n) is 3.43. The minimum absolute atomic E-state index is 0.0727. The molecule has 2 saturated heterocycles. The smallest absolute Gasteiger partial charge is 0.224 e. The van der Waals surface area contributed by atoms with Crippen molar-refractivity contribution in [3.63, 3.8) is 0 Å². The van der Waals surface area contributed by atoms with E-state index < -0.39 is 15.4 Å². The monoisotopic (exact) mass is 262 g/mol. The van der Waals surface area contributed by atoms with Crippen molar-refractivity contribution in [3.8, 4) is 0 Å². The van der Waals surface area contributed by atoms with E-state index >= 15 is 0 Å². The van der Waals surface area contributed by atoms with Gasteiger partial charge in [-0.05, 0) is 6.42 Å². The normalized spacial score (nSPS) is 29.6. The third-order valence-corrected chi connectivity index (χ3v) is 5.18. The first kappa shape index (κ1) is 12.8. The Hall–Kier alpha value is -0.660. The number of nitrogens with zero attached hydrogens (tertiary/aromatic N) is 1. The maximum atomic E-state index is 11.9. The second-order valence-electron chi connectivity index (χ2n) is 5.09. The molecule has 2 fully saturated rings. The molecule has 0 saturated carbocycles. The van der Waals surface area contributed by atoms with E-state index in [2.05, 4.69) is 0 Å². The van der Waals surface area contributed by atoms with Gasteiger partial charge in [0.15, 0.2) is 9.84 Å². The molecule has 0 aromatic carbocycles. The van der Waals surface area contributed by atoms with E-state index in [0.29, 0.717) is 19.6 Å². The molecule has 0 aliphatic carbocycles. The Morgan fingerprint density at radius 2 is 2.18 bits per heavy atom. The van der Waals surface area contributed by atoms with Crippen LogP contribution in [0.3, 0.4) is 0 Å². The summed E-state index contributed by atoms with van der Waals surface area (Å²) in [6.45, 7) is 0.797. The van der Waals surface area contributed by atoms with Gasteiger partial charge in [-0.3, -0.25) is 4.79 Å². The highest BCUT2D eigenvalue weighted by Gasteiger charge is 2.39. The Morgan fingerprint density at radius 1 is 1.53 bits per heavy atom. The Morgan fingerprint density at radius 3 is 2.59 bits per heavy atom. The first-order chi connectivity index (χ1) is 7.81. The molecular formula is C10H18N2O4S. The maximum absolute atomic E-state index is 11.9. The molecule has 2 aliphatic heterocycles. The molecule has 2 rings (SSSR count). The molecular weight excluding hydrogens is 244 g/mol. The summed E-state index contributed by atoms with van der Waals surface area (Å²) in [6.07, 6.45) is 0.749. The van der Waals surface area contributed by atoms with Gasteiger partial charge in [0.25, 0.3) is 0 Å². The largest absolute Gasteiger partial charge is 0.377 e. The van der Waals surface area contributed by atoms with Gasteiger partial charge in [0.1, 0.15) is 0 Å². The maximum Gasteiger partial charge on any atom is 0.224 e. The summed E-state index contributed by atoms with van der Waals surface area (Å²) in [4.78, 5) is 13.5. The van der Waals surface area contributed by atoms with E-state index in [9.17, 15) is 13.2 Å². The molecule has 98 valence electrons. The number of nitrogens with two attached hydrogens (primary N) is 1. The fraction of sp³-hybridized carbons (Fsp3) is 0.900. The molecule has 6 nitrogen and oxygen atoms in total. The highest BCUT2D eigenvalue weighted by atomic mass is 32.2. The Bertz CT molecular complexity index is 416. The molecule has 0 spiro atoms. The van der Waals surface area contributed by atoms with Crippen LogP contribution in [0.4, 0.5) is 0 Å².